The predicted molar refractivity (Wildman–Crippen MR) is 79.4 cm³/mol. The lowest BCUT2D eigenvalue weighted by atomic mass is 10.1. The molecule has 0 aliphatic rings. The van der Waals surface area contributed by atoms with Crippen LogP contribution in [-0.2, 0) is 6.54 Å². The van der Waals surface area contributed by atoms with E-state index in [-0.39, 0.29) is 27.8 Å². The van der Waals surface area contributed by atoms with Gasteiger partial charge in [-0.1, -0.05) is 29.3 Å². The number of rotatable bonds is 4. The minimum absolute atomic E-state index is 0.00118. The first-order chi connectivity index (χ1) is 10.4. The Morgan fingerprint density at radius 3 is 2.55 bits per heavy atom. The third-order valence-electron chi connectivity index (χ3n) is 2.85. The van der Waals surface area contributed by atoms with Crippen LogP contribution in [0.25, 0.3) is 0 Å². The maximum Gasteiger partial charge on any atom is 0.258 e. The third kappa shape index (κ3) is 3.53. The van der Waals surface area contributed by atoms with Crippen molar-refractivity contribution in [1.82, 2.24) is 5.48 Å². The Balaban J connectivity index is 2.35. The zero-order valence-electron chi connectivity index (χ0n) is 11.0. The van der Waals surface area contributed by atoms with Crippen molar-refractivity contribution in [1.29, 1.82) is 0 Å². The highest BCUT2D eigenvalue weighted by molar-refractivity contribution is 6.40. The Hall–Kier alpha value is -1.73. The van der Waals surface area contributed by atoms with E-state index in [0.29, 0.717) is 11.6 Å². The molecule has 1 amide bonds. The summed E-state index contributed by atoms with van der Waals surface area (Å²) in [4.78, 5) is 12.2. The van der Waals surface area contributed by atoms with E-state index in [1.165, 1.54) is 12.1 Å². The number of nitrogens with one attached hydrogen (secondary N) is 2. The highest BCUT2D eigenvalue weighted by Crippen LogP contribution is 2.29. The van der Waals surface area contributed by atoms with Crippen LogP contribution in [0.15, 0.2) is 30.3 Å². The van der Waals surface area contributed by atoms with Crippen LogP contribution in [0, 0.1) is 11.6 Å². The second-order valence-electron chi connectivity index (χ2n) is 4.31. The van der Waals surface area contributed by atoms with Gasteiger partial charge in [0.2, 0.25) is 0 Å². The van der Waals surface area contributed by atoms with E-state index in [1.54, 1.807) is 0 Å². The molecule has 3 N–H and O–H groups in total. The Morgan fingerprint density at radius 2 is 1.91 bits per heavy atom. The van der Waals surface area contributed by atoms with Gasteiger partial charge in [0, 0.05) is 12.6 Å². The Labute approximate surface area is 134 Å². The first-order valence-electron chi connectivity index (χ1n) is 6.04. The summed E-state index contributed by atoms with van der Waals surface area (Å²) in [5.41, 5.74) is 2.07. The van der Waals surface area contributed by atoms with Gasteiger partial charge in [0.15, 0.2) is 0 Å². The molecule has 0 radical (unpaired) electrons. The fourth-order valence-corrected chi connectivity index (χ4v) is 2.41. The van der Waals surface area contributed by atoms with Crippen LogP contribution < -0.4 is 10.8 Å². The van der Waals surface area contributed by atoms with Gasteiger partial charge in [-0.25, -0.2) is 14.3 Å². The Kier molecular flexibility index (Phi) is 5.31. The van der Waals surface area contributed by atoms with E-state index < -0.39 is 17.5 Å². The summed E-state index contributed by atoms with van der Waals surface area (Å²) >= 11 is 12.0. The zero-order chi connectivity index (χ0) is 16.3. The number of carbonyl (C=O) groups is 1. The van der Waals surface area contributed by atoms with Crippen molar-refractivity contribution in [2.75, 3.05) is 5.32 Å². The molecule has 0 saturated carbocycles. The second-order valence-corrected chi connectivity index (χ2v) is 5.09. The molecule has 0 aliphatic heterocycles. The highest BCUT2D eigenvalue weighted by Gasteiger charge is 2.19. The normalized spacial score (nSPS) is 10.6. The van der Waals surface area contributed by atoms with Crippen molar-refractivity contribution in [2.45, 2.75) is 6.54 Å². The van der Waals surface area contributed by atoms with Gasteiger partial charge in [-0.15, -0.1) is 0 Å². The molecule has 22 heavy (non-hydrogen) atoms. The first-order valence-corrected chi connectivity index (χ1v) is 6.80. The Morgan fingerprint density at radius 1 is 1.18 bits per heavy atom. The standard InChI is InChI=1S/C14H10Cl2F2N2O2/c15-9-3-1-7(6-19-22)13(16)12(9)14(21)20-11-4-2-8(17)5-10(11)18/h1-5,19,22H,6H2,(H,20,21). The van der Waals surface area contributed by atoms with Crippen LogP contribution in [-0.4, -0.2) is 11.1 Å². The maximum atomic E-state index is 13.6. The molecular formula is C14H10Cl2F2N2O2. The summed E-state index contributed by atoms with van der Waals surface area (Å²) in [6.07, 6.45) is 0. The number of carbonyl (C=O) groups excluding carboxylic acids is 1. The number of hydrogen-bond acceptors (Lipinski definition) is 3. The molecule has 0 heterocycles. The summed E-state index contributed by atoms with van der Waals surface area (Å²) in [6.45, 7) is 0.00118. The average molecular weight is 347 g/mol. The van der Waals surface area contributed by atoms with Crippen LogP contribution in [0.1, 0.15) is 15.9 Å². The topological polar surface area (TPSA) is 61.4 Å². The van der Waals surface area contributed by atoms with Gasteiger partial charge in [0.25, 0.3) is 5.91 Å². The molecule has 8 heteroatoms. The molecule has 0 spiro atoms. The molecule has 0 atom stereocenters. The van der Waals surface area contributed by atoms with Crippen molar-refractivity contribution in [3.8, 4) is 0 Å². The van der Waals surface area contributed by atoms with Gasteiger partial charge in [-0.3, -0.25) is 4.79 Å². The Bertz CT molecular complexity index is 726. The lowest BCUT2D eigenvalue weighted by molar-refractivity contribution is 0.102. The highest BCUT2D eigenvalue weighted by atomic mass is 35.5. The van der Waals surface area contributed by atoms with Crippen LogP contribution in [0.5, 0.6) is 0 Å². The van der Waals surface area contributed by atoms with Crippen molar-refractivity contribution in [2.24, 2.45) is 0 Å². The SMILES string of the molecule is O=C(Nc1ccc(F)cc1F)c1c(Cl)ccc(CNO)c1Cl. The smallest absolute Gasteiger partial charge is 0.258 e. The van der Waals surface area contributed by atoms with E-state index in [1.807, 2.05) is 5.48 Å². The largest absolute Gasteiger partial charge is 0.319 e. The number of amides is 1. The quantitative estimate of drug-likeness (QED) is 0.733. The lowest BCUT2D eigenvalue weighted by Gasteiger charge is -2.12. The summed E-state index contributed by atoms with van der Waals surface area (Å²) < 4.78 is 26.4. The molecule has 0 unspecified atom stereocenters. The minimum Gasteiger partial charge on any atom is -0.319 e. The molecule has 0 aliphatic carbocycles. The molecule has 0 saturated heterocycles. The molecule has 2 rings (SSSR count). The molecule has 116 valence electrons. The third-order valence-corrected chi connectivity index (χ3v) is 3.59. The molecule has 2 aromatic rings. The fraction of sp³-hybridized carbons (Fsp3) is 0.0714. The molecular weight excluding hydrogens is 337 g/mol. The summed E-state index contributed by atoms with van der Waals surface area (Å²) in [7, 11) is 0. The number of hydrogen-bond donors (Lipinski definition) is 3. The van der Waals surface area contributed by atoms with Crippen LogP contribution in [0.2, 0.25) is 10.0 Å². The predicted octanol–water partition coefficient (Wildman–Crippen LogP) is 4.00. The molecule has 0 aromatic heterocycles. The number of benzene rings is 2. The monoisotopic (exact) mass is 346 g/mol. The average Bonchev–Trinajstić information content (AvgIpc) is 2.45. The van der Waals surface area contributed by atoms with Gasteiger partial charge in [-0.05, 0) is 23.8 Å². The van der Waals surface area contributed by atoms with Crippen LogP contribution >= 0.6 is 23.2 Å². The van der Waals surface area contributed by atoms with Gasteiger partial charge in [0.05, 0.1) is 21.3 Å². The summed E-state index contributed by atoms with van der Waals surface area (Å²) in [5.74, 6) is -2.43. The number of anilines is 1. The lowest BCUT2D eigenvalue weighted by Crippen LogP contribution is -2.16. The fourth-order valence-electron chi connectivity index (χ4n) is 1.80. The van der Waals surface area contributed by atoms with Crippen molar-refractivity contribution in [3.63, 3.8) is 0 Å². The molecule has 0 bridgehead atoms. The van der Waals surface area contributed by atoms with Crippen molar-refractivity contribution in [3.05, 3.63) is 63.1 Å². The zero-order valence-corrected chi connectivity index (χ0v) is 12.5. The summed E-state index contributed by atoms with van der Waals surface area (Å²) in [5, 5.41) is 11.1. The van der Waals surface area contributed by atoms with Gasteiger partial charge < -0.3 is 10.5 Å². The summed E-state index contributed by atoms with van der Waals surface area (Å²) in [6, 6.07) is 5.70. The second kappa shape index (κ2) is 7.02. The first kappa shape index (κ1) is 16.6. The van der Waals surface area contributed by atoms with E-state index in [2.05, 4.69) is 5.32 Å². The van der Waals surface area contributed by atoms with Crippen LogP contribution in [0.4, 0.5) is 14.5 Å². The van der Waals surface area contributed by atoms with Gasteiger partial charge in [-0.2, -0.15) is 0 Å². The molecule has 4 nitrogen and oxygen atoms in total. The van der Waals surface area contributed by atoms with E-state index in [9.17, 15) is 13.6 Å². The van der Waals surface area contributed by atoms with E-state index in [4.69, 9.17) is 28.4 Å². The van der Waals surface area contributed by atoms with Gasteiger partial charge in [0.1, 0.15) is 11.6 Å². The van der Waals surface area contributed by atoms with E-state index in [0.717, 1.165) is 12.1 Å². The van der Waals surface area contributed by atoms with Crippen molar-refractivity contribution < 1.29 is 18.8 Å². The van der Waals surface area contributed by atoms with Crippen LogP contribution in [0.3, 0.4) is 0 Å². The van der Waals surface area contributed by atoms with Gasteiger partial charge >= 0.3 is 0 Å². The molecule has 0 fully saturated rings. The van der Waals surface area contributed by atoms with Crippen molar-refractivity contribution >= 4 is 34.8 Å². The number of hydroxylamine groups is 1. The molecule has 2 aromatic carbocycles. The maximum absolute atomic E-state index is 13.6. The number of halogens is 4. The minimum atomic E-state index is -0.922. The van der Waals surface area contributed by atoms with E-state index >= 15 is 0 Å².